The predicted octanol–water partition coefficient (Wildman–Crippen LogP) is 7.88. The molecule has 32 heavy (non-hydrogen) atoms. The van der Waals surface area contributed by atoms with E-state index in [0.717, 1.165) is 44.9 Å². The zero-order valence-corrected chi connectivity index (χ0v) is 19.5. The summed E-state index contributed by atoms with van der Waals surface area (Å²) in [6, 6.07) is 16.9. The minimum atomic E-state index is 0.652. The Labute approximate surface area is 190 Å². The minimum absolute atomic E-state index is 0.652. The van der Waals surface area contributed by atoms with Gasteiger partial charge in [-0.25, -0.2) is 9.83 Å². The molecule has 0 atom stereocenters. The number of nitrogens with zero attached hydrogens (tertiary/aromatic N) is 3. The average Bonchev–Trinajstić information content (AvgIpc) is 2.72. The molecule has 0 radical (unpaired) electrons. The molecule has 0 bridgehead atoms. The van der Waals surface area contributed by atoms with Crippen LogP contribution in [-0.2, 0) is 0 Å². The number of aryl methyl sites for hydroxylation is 5. The molecule has 0 fully saturated rings. The highest BCUT2D eigenvalue weighted by molar-refractivity contribution is 5.82. The van der Waals surface area contributed by atoms with Crippen LogP contribution in [-0.4, -0.2) is 9.97 Å². The van der Waals surface area contributed by atoms with Gasteiger partial charge in [0.15, 0.2) is 5.69 Å². The first-order chi connectivity index (χ1) is 15.3. The lowest BCUT2D eigenvalue weighted by Gasteiger charge is -2.16. The van der Waals surface area contributed by atoms with Crippen molar-refractivity contribution in [2.24, 2.45) is 0 Å². The fourth-order valence-electron chi connectivity index (χ4n) is 4.50. The predicted molar refractivity (Wildman–Crippen MR) is 133 cm³/mol. The van der Waals surface area contributed by atoms with E-state index in [9.17, 15) is 0 Å². The largest absolute Gasteiger partial charge is 0.252 e. The molecule has 1 heterocycles. The molecule has 0 saturated carbocycles. The van der Waals surface area contributed by atoms with Crippen LogP contribution in [0.25, 0.3) is 38.6 Å². The minimum Gasteiger partial charge on any atom is -0.252 e. The number of rotatable bonds is 3. The topological polar surface area (TPSA) is 30.1 Å². The summed E-state index contributed by atoms with van der Waals surface area (Å²) in [4.78, 5) is 13.8. The SMILES string of the molecule is [C-]#[N+]c1ccc(C)c(-c2cnc(-c3cc(C)cc(C)c3)c(-c3cc(C)cc(C)c3)n2)c1C. The molecule has 0 aliphatic rings. The number of hydrogen-bond acceptors (Lipinski definition) is 2. The Balaban J connectivity index is 2.03. The zero-order chi connectivity index (χ0) is 23.0. The van der Waals surface area contributed by atoms with Crippen LogP contribution in [0.1, 0.15) is 33.4 Å². The summed E-state index contributed by atoms with van der Waals surface area (Å²) in [5.74, 6) is 0. The molecular formula is C29H27N3. The second-order valence-electron chi connectivity index (χ2n) is 8.72. The highest BCUT2D eigenvalue weighted by Gasteiger charge is 2.17. The van der Waals surface area contributed by atoms with Crippen molar-refractivity contribution >= 4 is 5.69 Å². The van der Waals surface area contributed by atoms with Gasteiger partial charge in [0.1, 0.15) is 0 Å². The van der Waals surface area contributed by atoms with E-state index in [4.69, 9.17) is 16.5 Å². The molecule has 158 valence electrons. The maximum Gasteiger partial charge on any atom is 0.190 e. The van der Waals surface area contributed by atoms with Crippen LogP contribution in [0.3, 0.4) is 0 Å². The summed E-state index contributed by atoms with van der Waals surface area (Å²) in [7, 11) is 0. The van der Waals surface area contributed by atoms with Crippen LogP contribution in [0.2, 0.25) is 0 Å². The molecule has 0 saturated heterocycles. The molecule has 0 spiro atoms. The molecule has 0 aliphatic heterocycles. The number of hydrogen-bond donors (Lipinski definition) is 0. The lowest BCUT2D eigenvalue weighted by Crippen LogP contribution is -1.99. The Morgan fingerprint density at radius 1 is 0.688 bits per heavy atom. The quantitative estimate of drug-likeness (QED) is 0.317. The summed E-state index contributed by atoms with van der Waals surface area (Å²) in [5, 5.41) is 0. The molecule has 3 heteroatoms. The highest BCUT2D eigenvalue weighted by atomic mass is 14.8. The third-order valence-electron chi connectivity index (χ3n) is 5.78. The fourth-order valence-corrected chi connectivity index (χ4v) is 4.50. The first-order valence-electron chi connectivity index (χ1n) is 10.8. The molecule has 0 amide bonds. The summed E-state index contributed by atoms with van der Waals surface area (Å²) in [6.07, 6.45) is 1.85. The van der Waals surface area contributed by atoms with Crippen molar-refractivity contribution in [3.8, 4) is 33.8 Å². The van der Waals surface area contributed by atoms with Crippen molar-refractivity contribution in [2.45, 2.75) is 41.5 Å². The van der Waals surface area contributed by atoms with Gasteiger partial charge in [0.2, 0.25) is 0 Å². The summed E-state index contributed by atoms with van der Waals surface area (Å²) >= 11 is 0. The molecule has 0 N–H and O–H groups in total. The molecule has 4 rings (SSSR count). The van der Waals surface area contributed by atoms with Gasteiger partial charge in [0.05, 0.1) is 29.9 Å². The van der Waals surface area contributed by atoms with E-state index in [1.165, 1.54) is 22.3 Å². The van der Waals surface area contributed by atoms with E-state index < -0.39 is 0 Å². The van der Waals surface area contributed by atoms with Crippen LogP contribution in [0.15, 0.2) is 54.7 Å². The maximum atomic E-state index is 7.51. The standard InChI is InChI=1S/C29H27N3/c1-17-10-18(2)13-23(12-17)28-29(24-14-19(3)11-20(4)15-24)32-26(16-31-28)27-21(5)8-9-25(30-7)22(27)6/h8-16H,1-6H3. The molecule has 3 nitrogen and oxygen atoms in total. The van der Waals surface area contributed by atoms with Crippen molar-refractivity contribution in [1.29, 1.82) is 0 Å². The van der Waals surface area contributed by atoms with Gasteiger partial charge in [-0.2, -0.15) is 0 Å². The normalized spacial score (nSPS) is 10.8. The molecular weight excluding hydrogens is 390 g/mol. The second-order valence-corrected chi connectivity index (χ2v) is 8.72. The van der Waals surface area contributed by atoms with Crippen molar-refractivity contribution in [3.63, 3.8) is 0 Å². The van der Waals surface area contributed by atoms with Crippen molar-refractivity contribution < 1.29 is 0 Å². The third kappa shape index (κ3) is 4.05. The van der Waals surface area contributed by atoms with Crippen LogP contribution < -0.4 is 0 Å². The Morgan fingerprint density at radius 2 is 1.22 bits per heavy atom. The lowest BCUT2D eigenvalue weighted by atomic mass is 9.96. The first-order valence-corrected chi connectivity index (χ1v) is 10.8. The van der Waals surface area contributed by atoms with E-state index >= 15 is 0 Å². The van der Waals surface area contributed by atoms with E-state index in [0.29, 0.717) is 5.69 Å². The van der Waals surface area contributed by atoms with Crippen LogP contribution >= 0.6 is 0 Å². The van der Waals surface area contributed by atoms with E-state index in [-0.39, 0.29) is 0 Å². The van der Waals surface area contributed by atoms with Gasteiger partial charge in [-0.05, 0) is 82.5 Å². The smallest absolute Gasteiger partial charge is 0.190 e. The molecule has 1 aromatic heterocycles. The summed E-state index contributed by atoms with van der Waals surface area (Å²) in [5.41, 5.74) is 13.1. The van der Waals surface area contributed by atoms with E-state index in [1.54, 1.807) is 0 Å². The van der Waals surface area contributed by atoms with Crippen molar-refractivity contribution in [1.82, 2.24) is 9.97 Å². The molecule has 0 aliphatic carbocycles. The molecule has 3 aromatic carbocycles. The highest BCUT2D eigenvalue weighted by Crippen LogP contribution is 2.36. The maximum absolute atomic E-state index is 7.51. The van der Waals surface area contributed by atoms with Crippen LogP contribution in [0, 0.1) is 48.1 Å². The Morgan fingerprint density at radius 3 is 1.75 bits per heavy atom. The van der Waals surface area contributed by atoms with Crippen LogP contribution in [0.4, 0.5) is 5.69 Å². The molecule has 4 aromatic rings. The Kier molecular flexibility index (Phi) is 5.63. The van der Waals surface area contributed by atoms with Gasteiger partial charge in [0.25, 0.3) is 0 Å². The van der Waals surface area contributed by atoms with Gasteiger partial charge < -0.3 is 0 Å². The van der Waals surface area contributed by atoms with Gasteiger partial charge >= 0.3 is 0 Å². The van der Waals surface area contributed by atoms with E-state index in [2.05, 4.69) is 75.9 Å². The van der Waals surface area contributed by atoms with Crippen molar-refractivity contribution in [3.05, 3.63) is 99.5 Å². The third-order valence-corrected chi connectivity index (χ3v) is 5.78. The summed E-state index contributed by atoms with van der Waals surface area (Å²) < 4.78 is 0. The van der Waals surface area contributed by atoms with Gasteiger partial charge in [-0.15, -0.1) is 0 Å². The number of aromatic nitrogens is 2. The lowest BCUT2D eigenvalue weighted by molar-refractivity contribution is 1.19. The van der Waals surface area contributed by atoms with Crippen LogP contribution in [0.5, 0.6) is 0 Å². The van der Waals surface area contributed by atoms with Crippen molar-refractivity contribution in [2.75, 3.05) is 0 Å². The monoisotopic (exact) mass is 417 g/mol. The van der Waals surface area contributed by atoms with E-state index in [1.807, 2.05) is 25.3 Å². The average molecular weight is 418 g/mol. The first kappa shape index (κ1) is 21.5. The Hall–Kier alpha value is -3.77. The molecule has 0 unspecified atom stereocenters. The number of benzene rings is 3. The fraction of sp³-hybridized carbons (Fsp3) is 0.207. The zero-order valence-electron chi connectivity index (χ0n) is 19.5. The van der Waals surface area contributed by atoms with Gasteiger partial charge in [-0.3, -0.25) is 4.98 Å². The summed E-state index contributed by atoms with van der Waals surface area (Å²) in [6.45, 7) is 20.0. The second kappa shape index (κ2) is 8.40. The van der Waals surface area contributed by atoms with Gasteiger partial charge in [-0.1, -0.05) is 46.5 Å². The van der Waals surface area contributed by atoms with Gasteiger partial charge in [0, 0.05) is 11.1 Å². The Bertz CT molecular complexity index is 1350.